The summed E-state index contributed by atoms with van der Waals surface area (Å²) in [5, 5.41) is 12.0. The first-order chi connectivity index (χ1) is 11.1. The molecule has 6 heteroatoms. The van der Waals surface area contributed by atoms with E-state index in [4.69, 9.17) is 9.52 Å². The highest BCUT2D eigenvalue weighted by atomic mass is 16.4. The molecule has 0 radical (unpaired) electrons. The number of aromatic nitrogens is 1. The summed E-state index contributed by atoms with van der Waals surface area (Å²) >= 11 is 0. The maximum absolute atomic E-state index is 12.2. The van der Waals surface area contributed by atoms with Crippen molar-refractivity contribution < 1.29 is 19.1 Å². The first kappa shape index (κ1) is 15.5. The van der Waals surface area contributed by atoms with Crippen LogP contribution in [-0.4, -0.2) is 27.5 Å². The lowest BCUT2D eigenvalue weighted by Crippen LogP contribution is -2.47. The maximum atomic E-state index is 12.2. The highest BCUT2D eigenvalue weighted by Crippen LogP contribution is 2.32. The van der Waals surface area contributed by atoms with Crippen LogP contribution in [0.15, 0.2) is 28.7 Å². The van der Waals surface area contributed by atoms with Crippen molar-refractivity contribution in [2.75, 3.05) is 0 Å². The van der Waals surface area contributed by atoms with Crippen LogP contribution in [0.4, 0.5) is 0 Å². The minimum absolute atomic E-state index is 0.0123. The maximum Gasteiger partial charge on any atom is 0.305 e. The zero-order valence-corrected chi connectivity index (χ0v) is 12.9. The topological polar surface area (TPSA) is 92.4 Å². The van der Waals surface area contributed by atoms with Gasteiger partial charge in [0.2, 0.25) is 5.91 Å². The Morgan fingerprint density at radius 1 is 1.26 bits per heavy atom. The van der Waals surface area contributed by atoms with Gasteiger partial charge in [0.1, 0.15) is 5.52 Å². The third kappa shape index (κ3) is 3.70. The molecule has 122 valence electrons. The SMILES string of the molecule is O=C(O)CC1(NC(=O)CCc2nc3ccccc3o2)CCCC1. The van der Waals surface area contributed by atoms with Gasteiger partial charge in [-0.3, -0.25) is 9.59 Å². The van der Waals surface area contributed by atoms with Crippen LogP contribution in [0.5, 0.6) is 0 Å². The Bertz CT molecular complexity index is 683. The van der Waals surface area contributed by atoms with Gasteiger partial charge in [0, 0.05) is 12.8 Å². The Morgan fingerprint density at radius 3 is 2.70 bits per heavy atom. The van der Waals surface area contributed by atoms with E-state index in [-0.39, 0.29) is 18.7 Å². The van der Waals surface area contributed by atoms with Gasteiger partial charge in [-0.2, -0.15) is 0 Å². The third-order valence-corrected chi connectivity index (χ3v) is 4.36. The van der Waals surface area contributed by atoms with E-state index in [1.54, 1.807) is 0 Å². The predicted octanol–water partition coefficient (Wildman–Crippen LogP) is 2.66. The summed E-state index contributed by atoms with van der Waals surface area (Å²) < 4.78 is 5.59. The Hall–Kier alpha value is -2.37. The number of hydrogen-bond acceptors (Lipinski definition) is 4. The Morgan fingerprint density at radius 2 is 2.00 bits per heavy atom. The zero-order chi connectivity index (χ0) is 16.3. The average Bonchev–Trinajstić information content (AvgIpc) is 3.10. The molecule has 1 aromatic heterocycles. The van der Waals surface area contributed by atoms with E-state index in [1.807, 2.05) is 24.3 Å². The fourth-order valence-corrected chi connectivity index (χ4v) is 3.29. The van der Waals surface area contributed by atoms with E-state index in [0.717, 1.165) is 31.2 Å². The van der Waals surface area contributed by atoms with E-state index < -0.39 is 11.5 Å². The van der Waals surface area contributed by atoms with E-state index in [0.29, 0.717) is 17.9 Å². The fraction of sp³-hybridized carbons (Fsp3) is 0.471. The van der Waals surface area contributed by atoms with Gasteiger partial charge >= 0.3 is 5.97 Å². The summed E-state index contributed by atoms with van der Waals surface area (Å²) in [4.78, 5) is 27.6. The van der Waals surface area contributed by atoms with Gasteiger partial charge < -0.3 is 14.8 Å². The van der Waals surface area contributed by atoms with Crippen molar-refractivity contribution in [2.24, 2.45) is 0 Å². The lowest BCUT2D eigenvalue weighted by atomic mass is 9.93. The normalized spacial score (nSPS) is 16.5. The number of carbonyl (C=O) groups excluding carboxylic acids is 1. The Labute approximate surface area is 133 Å². The summed E-state index contributed by atoms with van der Waals surface area (Å²) in [7, 11) is 0. The van der Waals surface area contributed by atoms with Crippen LogP contribution in [0.3, 0.4) is 0 Å². The molecule has 1 aromatic carbocycles. The second-order valence-corrected chi connectivity index (χ2v) is 6.18. The van der Waals surface area contributed by atoms with Crippen LogP contribution in [0.25, 0.3) is 11.1 Å². The second kappa shape index (κ2) is 6.40. The number of carboxylic acid groups (broad SMARTS) is 1. The summed E-state index contributed by atoms with van der Waals surface area (Å²) in [5.74, 6) is -0.485. The number of nitrogens with zero attached hydrogens (tertiary/aromatic N) is 1. The molecular weight excluding hydrogens is 296 g/mol. The largest absolute Gasteiger partial charge is 0.481 e. The number of carboxylic acids is 1. The van der Waals surface area contributed by atoms with Crippen molar-refractivity contribution in [3.8, 4) is 0 Å². The average molecular weight is 316 g/mol. The lowest BCUT2D eigenvalue weighted by Gasteiger charge is -2.28. The summed E-state index contributed by atoms with van der Waals surface area (Å²) in [5.41, 5.74) is 0.909. The number of fused-ring (bicyclic) bond motifs is 1. The van der Waals surface area contributed by atoms with Crippen LogP contribution in [0.1, 0.15) is 44.4 Å². The molecular formula is C17H20N2O4. The van der Waals surface area contributed by atoms with E-state index >= 15 is 0 Å². The van der Waals surface area contributed by atoms with Gasteiger partial charge in [-0.25, -0.2) is 4.98 Å². The van der Waals surface area contributed by atoms with Crippen molar-refractivity contribution in [3.05, 3.63) is 30.2 Å². The fourth-order valence-electron chi connectivity index (χ4n) is 3.29. The van der Waals surface area contributed by atoms with Crippen LogP contribution in [0.2, 0.25) is 0 Å². The van der Waals surface area contributed by atoms with Gasteiger partial charge in [0.25, 0.3) is 0 Å². The number of carbonyl (C=O) groups is 2. The molecule has 1 heterocycles. The van der Waals surface area contributed by atoms with Crippen molar-refractivity contribution in [1.29, 1.82) is 0 Å². The Balaban J connectivity index is 1.59. The molecule has 0 aliphatic heterocycles. The first-order valence-electron chi connectivity index (χ1n) is 7.94. The van der Waals surface area contributed by atoms with E-state index in [9.17, 15) is 9.59 Å². The molecule has 1 aliphatic carbocycles. The minimum Gasteiger partial charge on any atom is -0.481 e. The predicted molar refractivity (Wildman–Crippen MR) is 83.9 cm³/mol. The molecule has 0 atom stereocenters. The second-order valence-electron chi connectivity index (χ2n) is 6.18. The molecule has 23 heavy (non-hydrogen) atoms. The smallest absolute Gasteiger partial charge is 0.305 e. The third-order valence-electron chi connectivity index (χ3n) is 4.36. The number of aryl methyl sites for hydroxylation is 1. The van der Waals surface area contributed by atoms with Gasteiger partial charge in [0.15, 0.2) is 11.5 Å². The van der Waals surface area contributed by atoms with Gasteiger partial charge in [-0.05, 0) is 25.0 Å². The zero-order valence-electron chi connectivity index (χ0n) is 12.9. The first-order valence-corrected chi connectivity index (χ1v) is 7.94. The number of benzene rings is 1. The monoisotopic (exact) mass is 316 g/mol. The van der Waals surface area contributed by atoms with Crippen LogP contribution >= 0.6 is 0 Å². The summed E-state index contributed by atoms with van der Waals surface area (Å²) in [6.45, 7) is 0. The molecule has 2 aromatic rings. The summed E-state index contributed by atoms with van der Waals surface area (Å²) in [6, 6.07) is 7.46. The number of para-hydroxylation sites is 2. The molecule has 2 N–H and O–H groups in total. The molecule has 1 amide bonds. The molecule has 3 rings (SSSR count). The molecule has 1 aliphatic rings. The summed E-state index contributed by atoms with van der Waals surface area (Å²) in [6.07, 6.45) is 4.01. The van der Waals surface area contributed by atoms with Gasteiger partial charge in [-0.15, -0.1) is 0 Å². The van der Waals surface area contributed by atoms with Gasteiger partial charge in [-0.1, -0.05) is 25.0 Å². The van der Waals surface area contributed by atoms with Crippen molar-refractivity contribution >= 4 is 23.0 Å². The molecule has 6 nitrogen and oxygen atoms in total. The van der Waals surface area contributed by atoms with Crippen LogP contribution in [0, 0.1) is 0 Å². The molecule has 0 saturated heterocycles. The highest BCUT2D eigenvalue weighted by molar-refractivity contribution is 5.79. The van der Waals surface area contributed by atoms with Crippen molar-refractivity contribution in [1.82, 2.24) is 10.3 Å². The van der Waals surface area contributed by atoms with Crippen LogP contribution < -0.4 is 5.32 Å². The number of amides is 1. The number of rotatable bonds is 6. The van der Waals surface area contributed by atoms with Crippen molar-refractivity contribution in [2.45, 2.75) is 50.5 Å². The molecule has 0 unspecified atom stereocenters. The van der Waals surface area contributed by atoms with Crippen LogP contribution in [-0.2, 0) is 16.0 Å². The number of nitrogens with one attached hydrogen (secondary N) is 1. The lowest BCUT2D eigenvalue weighted by molar-refractivity contribution is -0.139. The Kier molecular flexibility index (Phi) is 4.32. The highest BCUT2D eigenvalue weighted by Gasteiger charge is 2.37. The van der Waals surface area contributed by atoms with Crippen molar-refractivity contribution in [3.63, 3.8) is 0 Å². The molecule has 1 saturated carbocycles. The standard InChI is InChI=1S/C17H20N2O4/c20-14(19-17(11-16(21)22)9-3-4-10-17)7-8-15-18-12-5-1-2-6-13(12)23-15/h1-2,5-6H,3-4,7-11H2,(H,19,20)(H,21,22). The number of hydrogen-bond donors (Lipinski definition) is 2. The minimum atomic E-state index is -0.869. The van der Waals surface area contributed by atoms with E-state index in [1.165, 1.54) is 0 Å². The molecule has 1 fully saturated rings. The number of oxazole rings is 1. The van der Waals surface area contributed by atoms with E-state index in [2.05, 4.69) is 10.3 Å². The molecule has 0 bridgehead atoms. The van der Waals surface area contributed by atoms with Gasteiger partial charge in [0.05, 0.1) is 12.0 Å². The quantitative estimate of drug-likeness (QED) is 0.854. The number of aliphatic carboxylic acids is 1. The molecule has 0 spiro atoms.